The van der Waals surface area contributed by atoms with Gasteiger partial charge >= 0.3 is 11.9 Å². The summed E-state index contributed by atoms with van der Waals surface area (Å²) in [6.45, 7) is 3.52. The summed E-state index contributed by atoms with van der Waals surface area (Å²) in [5.74, 6) is -1.26. The Balaban J connectivity index is 1.99. The van der Waals surface area contributed by atoms with Gasteiger partial charge in [0.1, 0.15) is 11.2 Å². The maximum absolute atomic E-state index is 13.1. The molecule has 3 rings (SSSR count). The molecule has 1 aromatic heterocycles. The molecule has 0 unspecified atom stereocenters. The smallest absolute Gasteiger partial charge is 0.337 e. The zero-order valence-corrected chi connectivity index (χ0v) is 18.7. The number of rotatable bonds is 6. The normalized spacial score (nSPS) is 15.0. The molecule has 1 aliphatic heterocycles. The van der Waals surface area contributed by atoms with Gasteiger partial charge in [0, 0.05) is 13.1 Å². The second-order valence-corrected chi connectivity index (χ2v) is 7.91. The van der Waals surface area contributed by atoms with Crippen LogP contribution in [0, 0.1) is 0 Å². The van der Waals surface area contributed by atoms with Gasteiger partial charge in [0.15, 0.2) is 0 Å². The van der Waals surface area contributed by atoms with Crippen LogP contribution in [-0.2, 0) is 30.3 Å². The summed E-state index contributed by atoms with van der Waals surface area (Å²) in [5.41, 5.74) is 0.690. The van der Waals surface area contributed by atoms with Gasteiger partial charge in [0.25, 0.3) is 5.56 Å². The van der Waals surface area contributed by atoms with Crippen molar-refractivity contribution < 1.29 is 28.6 Å². The minimum absolute atomic E-state index is 0.185. The van der Waals surface area contributed by atoms with Gasteiger partial charge in [-0.3, -0.25) is 14.2 Å². The third-order valence-electron chi connectivity index (χ3n) is 4.75. The van der Waals surface area contributed by atoms with Crippen LogP contribution in [0.5, 0.6) is 0 Å². The number of carbonyl (C=O) groups is 3. The molecule has 10 heteroatoms. The van der Waals surface area contributed by atoms with Crippen molar-refractivity contribution in [2.45, 2.75) is 13.5 Å². The number of carbonyl (C=O) groups excluding carboxylic acids is 3. The SMILES string of the molecule is CCOC(=O)/C=c1/s/c(=C\c2ccc(C(=O)OC)cc2)c(=O)n1CC(=O)N1CCOCC1. The van der Waals surface area contributed by atoms with E-state index in [-0.39, 0.29) is 24.6 Å². The van der Waals surface area contributed by atoms with Crippen LogP contribution in [0.4, 0.5) is 0 Å². The van der Waals surface area contributed by atoms with Crippen molar-refractivity contribution in [1.29, 1.82) is 0 Å². The van der Waals surface area contributed by atoms with Crippen molar-refractivity contribution in [1.82, 2.24) is 9.47 Å². The lowest BCUT2D eigenvalue weighted by atomic mass is 10.1. The van der Waals surface area contributed by atoms with E-state index in [1.54, 1.807) is 42.2 Å². The number of ether oxygens (including phenoxy) is 3. The molecule has 2 aromatic rings. The Morgan fingerprint density at radius 3 is 2.47 bits per heavy atom. The van der Waals surface area contributed by atoms with Gasteiger partial charge in [0.2, 0.25) is 5.91 Å². The number of esters is 2. The molecule has 32 heavy (non-hydrogen) atoms. The van der Waals surface area contributed by atoms with Gasteiger partial charge in [-0.25, -0.2) is 9.59 Å². The fraction of sp³-hybridized carbons (Fsp3) is 0.364. The molecule has 0 spiro atoms. The molecule has 0 aliphatic carbocycles. The van der Waals surface area contributed by atoms with E-state index in [2.05, 4.69) is 4.74 Å². The minimum atomic E-state index is -0.588. The molecule has 170 valence electrons. The van der Waals surface area contributed by atoms with Crippen molar-refractivity contribution in [2.75, 3.05) is 40.0 Å². The molecule has 0 saturated carbocycles. The predicted molar refractivity (Wildman–Crippen MR) is 118 cm³/mol. The van der Waals surface area contributed by atoms with Crippen LogP contribution >= 0.6 is 11.3 Å². The summed E-state index contributed by atoms with van der Waals surface area (Å²) in [6, 6.07) is 6.56. The number of hydrogen-bond donors (Lipinski definition) is 0. The molecule has 1 aliphatic rings. The van der Waals surface area contributed by atoms with E-state index < -0.39 is 11.9 Å². The first-order valence-corrected chi connectivity index (χ1v) is 10.9. The van der Waals surface area contributed by atoms with Crippen LogP contribution in [0.1, 0.15) is 22.8 Å². The Kier molecular flexibility index (Phi) is 7.96. The number of benzene rings is 1. The lowest BCUT2D eigenvalue weighted by Crippen LogP contribution is -2.45. The number of methoxy groups -OCH3 is 1. The molecule has 0 bridgehead atoms. The Morgan fingerprint density at radius 1 is 1.16 bits per heavy atom. The van der Waals surface area contributed by atoms with Crippen molar-refractivity contribution in [3.05, 3.63) is 54.9 Å². The molecule has 0 N–H and O–H groups in total. The molecular weight excluding hydrogens is 436 g/mol. The quantitative estimate of drug-likeness (QED) is 0.547. The third-order valence-corrected chi connectivity index (χ3v) is 5.81. The zero-order chi connectivity index (χ0) is 23.1. The largest absolute Gasteiger partial charge is 0.465 e. The van der Waals surface area contributed by atoms with Gasteiger partial charge in [0.05, 0.1) is 43.1 Å². The van der Waals surface area contributed by atoms with Crippen molar-refractivity contribution in [2.24, 2.45) is 0 Å². The molecule has 1 aromatic carbocycles. The van der Waals surface area contributed by atoms with E-state index in [9.17, 15) is 19.2 Å². The molecule has 2 heterocycles. The summed E-state index contributed by atoms with van der Waals surface area (Å²) < 4.78 is 16.9. The monoisotopic (exact) mass is 460 g/mol. The van der Waals surface area contributed by atoms with Gasteiger partial charge in [-0.1, -0.05) is 12.1 Å². The highest BCUT2D eigenvalue weighted by Gasteiger charge is 2.19. The second kappa shape index (κ2) is 10.9. The average molecular weight is 461 g/mol. The molecule has 0 atom stereocenters. The lowest BCUT2D eigenvalue weighted by Gasteiger charge is -2.26. The molecule has 1 fully saturated rings. The summed E-state index contributed by atoms with van der Waals surface area (Å²) in [4.78, 5) is 51.0. The van der Waals surface area contributed by atoms with Crippen LogP contribution < -0.4 is 14.8 Å². The molecule has 1 amide bonds. The first kappa shape index (κ1) is 23.4. The van der Waals surface area contributed by atoms with E-state index in [4.69, 9.17) is 9.47 Å². The van der Waals surface area contributed by atoms with Gasteiger partial charge in [-0.2, -0.15) is 0 Å². The van der Waals surface area contributed by atoms with Crippen LogP contribution in [0.2, 0.25) is 0 Å². The third kappa shape index (κ3) is 5.71. The fourth-order valence-corrected chi connectivity index (χ4v) is 4.14. The maximum atomic E-state index is 13.1. The minimum Gasteiger partial charge on any atom is -0.465 e. The van der Waals surface area contributed by atoms with Crippen molar-refractivity contribution >= 4 is 41.3 Å². The average Bonchev–Trinajstić information content (AvgIpc) is 3.08. The Morgan fingerprint density at radius 2 is 1.84 bits per heavy atom. The Bertz CT molecular complexity index is 1160. The Hall–Kier alpha value is -3.24. The number of nitrogens with zero attached hydrogens (tertiary/aromatic N) is 2. The molecule has 0 radical (unpaired) electrons. The standard InChI is InChI=1S/C22H24N2O7S/c1-3-31-20(26)13-19-24(14-18(25)23-8-10-30-11-9-23)21(27)17(32-19)12-15-4-6-16(7-5-15)22(28)29-2/h4-7,12-13H,3,8-11,14H2,1-2H3/b17-12-,19-13+. The highest BCUT2D eigenvalue weighted by Crippen LogP contribution is 2.06. The summed E-state index contributed by atoms with van der Waals surface area (Å²) in [6.07, 6.45) is 2.87. The summed E-state index contributed by atoms with van der Waals surface area (Å²) in [5, 5.41) is 0. The van der Waals surface area contributed by atoms with E-state index in [1.165, 1.54) is 17.8 Å². The van der Waals surface area contributed by atoms with Crippen LogP contribution in [-0.4, -0.2) is 67.3 Å². The van der Waals surface area contributed by atoms with Gasteiger partial charge < -0.3 is 19.1 Å². The Labute approximate surface area is 188 Å². The fourth-order valence-electron chi connectivity index (χ4n) is 3.11. The number of thiazole rings is 1. The first-order valence-electron chi connectivity index (χ1n) is 10.1. The molecule has 9 nitrogen and oxygen atoms in total. The second-order valence-electron chi connectivity index (χ2n) is 6.84. The maximum Gasteiger partial charge on any atom is 0.337 e. The van der Waals surface area contributed by atoms with Crippen LogP contribution in [0.15, 0.2) is 29.1 Å². The van der Waals surface area contributed by atoms with Gasteiger partial charge in [-0.15, -0.1) is 11.3 Å². The number of morpholine rings is 1. The molecule has 1 saturated heterocycles. The summed E-state index contributed by atoms with van der Waals surface area (Å²) >= 11 is 1.09. The number of aromatic nitrogens is 1. The van der Waals surface area contributed by atoms with Crippen molar-refractivity contribution in [3.8, 4) is 0 Å². The van der Waals surface area contributed by atoms with Gasteiger partial charge in [-0.05, 0) is 30.7 Å². The predicted octanol–water partition coefficient (Wildman–Crippen LogP) is -0.272. The first-order chi connectivity index (χ1) is 15.4. The number of amides is 1. The lowest BCUT2D eigenvalue weighted by molar-refractivity contribution is -0.136. The highest BCUT2D eigenvalue weighted by molar-refractivity contribution is 7.07. The van der Waals surface area contributed by atoms with Crippen LogP contribution in [0.3, 0.4) is 0 Å². The summed E-state index contributed by atoms with van der Waals surface area (Å²) in [7, 11) is 1.30. The van der Waals surface area contributed by atoms with E-state index in [1.807, 2.05) is 0 Å². The highest BCUT2D eigenvalue weighted by atomic mass is 32.1. The van der Waals surface area contributed by atoms with E-state index >= 15 is 0 Å². The number of hydrogen-bond acceptors (Lipinski definition) is 8. The topological polar surface area (TPSA) is 104 Å². The zero-order valence-electron chi connectivity index (χ0n) is 17.9. The van der Waals surface area contributed by atoms with E-state index in [0.29, 0.717) is 46.6 Å². The van der Waals surface area contributed by atoms with E-state index in [0.717, 1.165) is 11.3 Å². The van der Waals surface area contributed by atoms with Crippen LogP contribution in [0.25, 0.3) is 12.2 Å². The molecular formula is C22H24N2O7S. The van der Waals surface area contributed by atoms with Crippen molar-refractivity contribution in [3.63, 3.8) is 0 Å².